The molecule has 4 heteroatoms. The van der Waals surface area contributed by atoms with Crippen molar-refractivity contribution in [2.75, 3.05) is 7.11 Å². The maximum absolute atomic E-state index is 12.4. The normalized spacial score (nSPS) is 26.1. The molecule has 0 aromatic heterocycles. The van der Waals surface area contributed by atoms with E-state index in [0.29, 0.717) is 24.2 Å². The average molecular weight is 262 g/mol. The number of carboxylic acid groups (broad SMARTS) is 1. The van der Waals surface area contributed by atoms with Crippen molar-refractivity contribution >= 4 is 11.8 Å². The number of benzene rings is 1. The fourth-order valence-electron chi connectivity index (χ4n) is 2.82. The van der Waals surface area contributed by atoms with E-state index in [4.69, 9.17) is 4.74 Å². The Labute approximate surface area is 112 Å². The van der Waals surface area contributed by atoms with E-state index in [-0.39, 0.29) is 11.7 Å². The summed E-state index contributed by atoms with van der Waals surface area (Å²) in [4.78, 5) is 23.6. The monoisotopic (exact) mass is 262 g/mol. The summed E-state index contributed by atoms with van der Waals surface area (Å²) in [5, 5.41) is 9.21. The van der Waals surface area contributed by atoms with Gasteiger partial charge in [0.1, 0.15) is 5.75 Å². The van der Waals surface area contributed by atoms with Crippen LogP contribution in [0.4, 0.5) is 0 Å². The topological polar surface area (TPSA) is 63.6 Å². The second-order valence-electron chi connectivity index (χ2n) is 5.22. The van der Waals surface area contributed by atoms with Crippen LogP contribution in [0.5, 0.6) is 5.75 Å². The van der Waals surface area contributed by atoms with Gasteiger partial charge in [-0.2, -0.15) is 0 Å². The van der Waals surface area contributed by atoms with Gasteiger partial charge in [0, 0.05) is 11.5 Å². The highest BCUT2D eigenvalue weighted by Gasteiger charge is 2.41. The van der Waals surface area contributed by atoms with Crippen molar-refractivity contribution in [1.82, 2.24) is 0 Å². The summed E-state index contributed by atoms with van der Waals surface area (Å²) in [7, 11) is 1.57. The van der Waals surface area contributed by atoms with Gasteiger partial charge in [0.05, 0.1) is 13.0 Å². The Hall–Kier alpha value is -1.84. The highest BCUT2D eigenvalue weighted by molar-refractivity contribution is 6.00. The number of carbonyl (C=O) groups excluding carboxylic acids is 1. The first kappa shape index (κ1) is 13.6. The van der Waals surface area contributed by atoms with Gasteiger partial charge < -0.3 is 9.84 Å². The van der Waals surface area contributed by atoms with E-state index in [1.807, 2.05) is 6.92 Å². The molecule has 1 fully saturated rings. The molecule has 3 unspecified atom stereocenters. The van der Waals surface area contributed by atoms with E-state index in [1.165, 1.54) is 0 Å². The molecule has 0 heterocycles. The van der Waals surface area contributed by atoms with Gasteiger partial charge in [-0.15, -0.1) is 0 Å². The van der Waals surface area contributed by atoms with E-state index >= 15 is 0 Å². The number of methoxy groups -OCH3 is 1. The Balaban J connectivity index is 2.20. The molecule has 0 saturated heterocycles. The quantitative estimate of drug-likeness (QED) is 0.847. The van der Waals surface area contributed by atoms with Gasteiger partial charge >= 0.3 is 5.97 Å². The van der Waals surface area contributed by atoms with Crippen LogP contribution in [0, 0.1) is 17.8 Å². The summed E-state index contributed by atoms with van der Waals surface area (Å²) < 4.78 is 5.05. The van der Waals surface area contributed by atoms with Gasteiger partial charge in [0.15, 0.2) is 5.78 Å². The molecule has 3 atom stereocenters. The number of ketones is 1. The molecule has 102 valence electrons. The van der Waals surface area contributed by atoms with Gasteiger partial charge in [-0.3, -0.25) is 9.59 Å². The van der Waals surface area contributed by atoms with Gasteiger partial charge in [-0.05, 0) is 43.0 Å². The van der Waals surface area contributed by atoms with E-state index in [0.717, 1.165) is 0 Å². The molecule has 19 heavy (non-hydrogen) atoms. The lowest BCUT2D eigenvalue weighted by Crippen LogP contribution is -2.25. The molecule has 0 amide bonds. The minimum absolute atomic E-state index is 0.0700. The van der Waals surface area contributed by atoms with Crippen molar-refractivity contribution in [2.24, 2.45) is 17.8 Å². The van der Waals surface area contributed by atoms with Crippen LogP contribution in [-0.2, 0) is 4.79 Å². The number of hydrogen-bond donors (Lipinski definition) is 1. The third-order valence-electron chi connectivity index (χ3n) is 3.83. The van der Waals surface area contributed by atoms with Crippen LogP contribution in [-0.4, -0.2) is 24.0 Å². The Kier molecular flexibility index (Phi) is 3.88. The van der Waals surface area contributed by atoms with Gasteiger partial charge in [0.2, 0.25) is 0 Å². The molecule has 0 bridgehead atoms. The molecular weight excluding hydrogens is 244 g/mol. The van der Waals surface area contributed by atoms with Crippen molar-refractivity contribution in [2.45, 2.75) is 19.8 Å². The first-order chi connectivity index (χ1) is 9.02. The highest BCUT2D eigenvalue weighted by atomic mass is 16.5. The van der Waals surface area contributed by atoms with E-state index < -0.39 is 17.8 Å². The summed E-state index contributed by atoms with van der Waals surface area (Å²) >= 11 is 0. The third kappa shape index (κ3) is 2.78. The summed E-state index contributed by atoms with van der Waals surface area (Å²) in [5.41, 5.74) is 0.561. The fraction of sp³-hybridized carbons (Fsp3) is 0.467. The lowest BCUT2D eigenvalue weighted by molar-refractivity contribution is -0.142. The minimum atomic E-state index is -0.865. The van der Waals surface area contributed by atoms with E-state index in [2.05, 4.69) is 0 Å². The van der Waals surface area contributed by atoms with Gasteiger partial charge in [-0.1, -0.05) is 6.92 Å². The summed E-state index contributed by atoms with van der Waals surface area (Å²) in [6.45, 7) is 2.00. The molecule has 1 aromatic rings. The van der Waals surface area contributed by atoms with E-state index in [9.17, 15) is 14.7 Å². The predicted octanol–water partition coefficient (Wildman–Crippen LogP) is 2.62. The number of hydrogen-bond acceptors (Lipinski definition) is 3. The second kappa shape index (κ2) is 5.43. The van der Waals surface area contributed by atoms with Crippen molar-refractivity contribution in [1.29, 1.82) is 0 Å². The zero-order valence-corrected chi connectivity index (χ0v) is 11.1. The van der Waals surface area contributed by atoms with Crippen LogP contribution in [0.25, 0.3) is 0 Å². The van der Waals surface area contributed by atoms with E-state index in [1.54, 1.807) is 31.4 Å². The largest absolute Gasteiger partial charge is 0.497 e. The Morgan fingerprint density at radius 3 is 2.26 bits per heavy atom. The summed E-state index contributed by atoms with van der Waals surface area (Å²) in [6.07, 6.45) is 1.24. The van der Waals surface area contributed by atoms with Crippen molar-refractivity contribution in [3.8, 4) is 5.75 Å². The maximum Gasteiger partial charge on any atom is 0.307 e. The van der Waals surface area contributed by atoms with Crippen molar-refractivity contribution in [3.63, 3.8) is 0 Å². The zero-order valence-electron chi connectivity index (χ0n) is 11.1. The van der Waals surface area contributed by atoms with Crippen LogP contribution in [0.2, 0.25) is 0 Å². The molecule has 1 aliphatic carbocycles. The maximum atomic E-state index is 12.4. The number of carbonyl (C=O) groups is 2. The lowest BCUT2D eigenvalue weighted by Gasteiger charge is -2.14. The number of ether oxygens (including phenoxy) is 1. The number of rotatable bonds is 4. The number of aliphatic carboxylic acids is 1. The summed E-state index contributed by atoms with van der Waals surface area (Å²) in [6, 6.07) is 6.84. The Bertz CT molecular complexity index is 477. The van der Waals surface area contributed by atoms with Gasteiger partial charge in [-0.25, -0.2) is 0 Å². The first-order valence-electron chi connectivity index (χ1n) is 6.44. The van der Waals surface area contributed by atoms with Crippen LogP contribution < -0.4 is 4.74 Å². The zero-order chi connectivity index (χ0) is 14.0. The summed E-state index contributed by atoms with van der Waals surface area (Å²) in [5.74, 6) is -0.916. The van der Waals surface area contributed by atoms with Gasteiger partial charge in [0.25, 0.3) is 0 Å². The molecule has 0 spiro atoms. The molecular formula is C15H18O4. The Morgan fingerprint density at radius 2 is 1.74 bits per heavy atom. The lowest BCUT2D eigenvalue weighted by atomic mass is 9.88. The molecule has 0 radical (unpaired) electrons. The third-order valence-corrected chi connectivity index (χ3v) is 3.83. The molecule has 4 nitrogen and oxygen atoms in total. The number of carboxylic acids is 1. The molecule has 1 saturated carbocycles. The number of Topliss-reactive ketones (excluding diaryl/α,β-unsaturated/α-hetero) is 1. The molecule has 0 aliphatic heterocycles. The minimum Gasteiger partial charge on any atom is -0.497 e. The van der Waals surface area contributed by atoms with Crippen LogP contribution >= 0.6 is 0 Å². The molecule has 1 aromatic carbocycles. The predicted molar refractivity (Wildman–Crippen MR) is 70.3 cm³/mol. The average Bonchev–Trinajstić information content (AvgIpc) is 2.80. The van der Waals surface area contributed by atoms with Crippen LogP contribution in [0.15, 0.2) is 24.3 Å². The smallest absolute Gasteiger partial charge is 0.307 e. The molecule has 1 aliphatic rings. The first-order valence-corrected chi connectivity index (χ1v) is 6.44. The molecule has 2 rings (SSSR count). The fourth-order valence-corrected chi connectivity index (χ4v) is 2.82. The highest BCUT2D eigenvalue weighted by Crippen LogP contribution is 2.38. The second-order valence-corrected chi connectivity index (χ2v) is 5.22. The SMILES string of the molecule is COc1ccc(C(=O)C2CC(C)CC2C(=O)O)cc1. The van der Waals surface area contributed by atoms with Crippen LogP contribution in [0.3, 0.4) is 0 Å². The molecule has 1 N–H and O–H groups in total. The standard InChI is InChI=1S/C15H18O4/c1-9-7-12(13(8-9)15(17)18)14(16)10-3-5-11(19-2)6-4-10/h3-6,9,12-13H,7-8H2,1-2H3,(H,17,18). The Morgan fingerprint density at radius 1 is 1.16 bits per heavy atom. The van der Waals surface area contributed by atoms with Crippen LogP contribution in [0.1, 0.15) is 30.1 Å². The van der Waals surface area contributed by atoms with Crippen molar-refractivity contribution in [3.05, 3.63) is 29.8 Å². The van der Waals surface area contributed by atoms with Crippen molar-refractivity contribution < 1.29 is 19.4 Å².